The minimum Gasteiger partial charge on any atom is -0.368 e. The van der Waals surface area contributed by atoms with Crippen molar-refractivity contribution in [2.24, 2.45) is 32.4 Å². The molecule has 0 atom stereocenters. The highest BCUT2D eigenvalue weighted by Crippen LogP contribution is 1.89. The molecule has 6 nitrogen and oxygen atoms in total. The Labute approximate surface area is 77.6 Å². The van der Waals surface area contributed by atoms with Gasteiger partial charge in [-0.2, -0.15) is 4.99 Å². The van der Waals surface area contributed by atoms with Gasteiger partial charge >= 0.3 is 0 Å². The maximum absolute atomic E-state index is 5.37. The van der Waals surface area contributed by atoms with Gasteiger partial charge in [-0.25, -0.2) is 4.99 Å². The van der Waals surface area contributed by atoms with E-state index in [0.717, 1.165) is 19.3 Å². The van der Waals surface area contributed by atoms with E-state index in [0.29, 0.717) is 0 Å². The van der Waals surface area contributed by atoms with Gasteiger partial charge in [0.15, 0.2) is 0 Å². The molecule has 6 heteroatoms. The Morgan fingerprint density at radius 1 is 1.31 bits per heavy atom. The molecule has 0 aliphatic heterocycles. The highest BCUT2D eigenvalue weighted by Gasteiger charge is 1.88. The lowest BCUT2D eigenvalue weighted by molar-refractivity contribution is 0.843. The Morgan fingerprint density at radius 3 is 2.54 bits per heavy atom. The van der Waals surface area contributed by atoms with E-state index in [-0.39, 0.29) is 11.9 Å². The van der Waals surface area contributed by atoms with Crippen LogP contribution in [0.25, 0.3) is 0 Å². The van der Waals surface area contributed by atoms with E-state index in [2.05, 4.69) is 22.0 Å². The smallest absolute Gasteiger partial charge is 0.240 e. The number of aliphatic imine (C=N–C) groups is 2. The van der Waals surface area contributed by atoms with Gasteiger partial charge in [0.2, 0.25) is 11.9 Å². The minimum absolute atomic E-state index is 0.0720. The van der Waals surface area contributed by atoms with Gasteiger partial charge in [0.05, 0.1) is 0 Å². The largest absolute Gasteiger partial charge is 0.368 e. The molecule has 0 amide bonds. The van der Waals surface area contributed by atoms with Gasteiger partial charge in [0.1, 0.15) is 0 Å². The summed E-state index contributed by atoms with van der Waals surface area (Å²) in [6.45, 7) is 2.10. The first-order valence-electron chi connectivity index (χ1n) is 4.10. The fourth-order valence-electron chi connectivity index (χ4n) is 0.629. The molecule has 0 radical (unpaired) electrons. The zero-order chi connectivity index (χ0) is 10.1. The third kappa shape index (κ3) is 6.79. The van der Waals surface area contributed by atoms with E-state index in [1.54, 1.807) is 6.21 Å². The summed E-state index contributed by atoms with van der Waals surface area (Å²) in [5, 5.41) is 3.13. The first-order valence-corrected chi connectivity index (χ1v) is 4.10. The lowest BCUT2D eigenvalue weighted by Crippen LogP contribution is -2.18. The number of guanidine groups is 2. The van der Waals surface area contributed by atoms with Crippen LogP contribution < -0.4 is 17.3 Å². The van der Waals surface area contributed by atoms with Crippen molar-refractivity contribution >= 4 is 18.1 Å². The standard InChI is InChI=1S/C7H16N6/c1-2-3-4-5-11-6(8)12-7(9)13-10/h5H,2-4,10H2,1H3,(H4,8,9,12,13)/b11-5+. The Bertz CT molecular complexity index is 217. The van der Waals surface area contributed by atoms with E-state index in [1.807, 2.05) is 0 Å². The van der Waals surface area contributed by atoms with Crippen molar-refractivity contribution in [3.63, 3.8) is 0 Å². The molecule has 74 valence electrons. The Kier molecular flexibility index (Phi) is 6.21. The van der Waals surface area contributed by atoms with Crippen molar-refractivity contribution in [2.45, 2.75) is 26.2 Å². The first kappa shape index (κ1) is 11.4. The molecule has 0 unspecified atom stereocenters. The summed E-state index contributed by atoms with van der Waals surface area (Å²) < 4.78 is 0. The number of rotatable bonds is 3. The molecule has 0 aromatic carbocycles. The Balaban J connectivity index is 3.91. The molecule has 0 rings (SSSR count). The van der Waals surface area contributed by atoms with E-state index >= 15 is 0 Å². The normalized spacial score (nSPS) is 13.9. The van der Waals surface area contributed by atoms with Crippen molar-refractivity contribution in [1.29, 1.82) is 0 Å². The summed E-state index contributed by atoms with van der Waals surface area (Å²) >= 11 is 0. The maximum Gasteiger partial charge on any atom is 0.240 e. The van der Waals surface area contributed by atoms with Crippen LogP contribution in [0.5, 0.6) is 0 Å². The number of nitrogens with two attached hydrogens (primary N) is 3. The number of hydrogen-bond acceptors (Lipinski definition) is 2. The summed E-state index contributed by atoms with van der Waals surface area (Å²) in [7, 11) is 0. The van der Waals surface area contributed by atoms with Gasteiger partial charge in [-0.05, 0) is 12.8 Å². The summed E-state index contributed by atoms with van der Waals surface area (Å²) in [6.07, 6.45) is 4.78. The van der Waals surface area contributed by atoms with Crippen LogP contribution in [0, 0.1) is 0 Å². The molecule has 0 heterocycles. The molecular formula is C7H16N6. The third-order valence-corrected chi connectivity index (χ3v) is 1.27. The van der Waals surface area contributed by atoms with Gasteiger partial charge in [-0.3, -0.25) is 0 Å². The molecule has 0 aromatic rings. The molecule has 0 aliphatic rings. The second kappa shape index (κ2) is 7.08. The van der Waals surface area contributed by atoms with Crippen molar-refractivity contribution in [3.05, 3.63) is 0 Å². The van der Waals surface area contributed by atoms with Crippen LogP contribution in [-0.4, -0.2) is 18.1 Å². The fourth-order valence-corrected chi connectivity index (χ4v) is 0.629. The second-order valence-electron chi connectivity index (χ2n) is 2.41. The highest BCUT2D eigenvalue weighted by molar-refractivity contribution is 5.96. The quantitative estimate of drug-likeness (QED) is 0.185. The van der Waals surface area contributed by atoms with Crippen molar-refractivity contribution in [1.82, 2.24) is 0 Å². The van der Waals surface area contributed by atoms with E-state index in [9.17, 15) is 0 Å². The Morgan fingerprint density at radius 2 is 2.00 bits per heavy atom. The SMILES string of the molecule is CCCC/C=N/C(N)=N\C(N)=N\N. The second-order valence-corrected chi connectivity index (χ2v) is 2.41. The predicted octanol–water partition coefficient (Wildman–Crippen LogP) is -0.249. The van der Waals surface area contributed by atoms with Crippen molar-refractivity contribution in [2.75, 3.05) is 0 Å². The predicted molar refractivity (Wildman–Crippen MR) is 55.4 cm³/mol. The zero-order valence-corrected chi connectivity index (χ0v) is 7.77. The lowest BCUT2D eigenvalue weighted by atomic mass is 10.3. The van der Waals surface area contributed by atoms with Gasteiger partial charge in [0, 0.05) is 6.21 Å². The van der Waals surface area contributed by atoms with Crippen LogP contribution >= 0.6 is 0 Å². The fraction of sp³-hybridized carbons (Fsp3) is 0.571. The summed E-state index contributed by atoms with van der Waals surface area (Å²) in [6, 6.07) is 0. The number of hydrazone groups is 1. The summed E-state index contributed by atoms with van der Waals surface area (Å²) in [5.74, 6) is 4.84. The molecule has 0 saturated carbocycles. The van der Waals surface area contributed by atoms with Crippen molar-refractivity contribution < 1.29 is 0 Å². The molecule has 0 saturated heterocycles. The Hall–Kier alpha value is -1.59. The van der Waals surface area contributed by atoms with E-state index in [1.165, 1.54) is 0 Å². The average molecular weight is 184 g/mol. The average Bonchev–Trinajstić information content (AvgIpc) is 2.12. The van der Waals surface area contributed by atoms with E-state index < -0.39 is 0 Å². The van der Waals surface area contributed by atoms with Gasteiger partial charge < -0.3 is 17.3 Å². The van der Waals surface area contributed by atoms with Crippen LogP contribution in [-0.2, 0) is 0 Å². The molecular weight excluding hydrogens is 168 g/mol. The third-order valence-electron chi connectivity index (χ3n) is 1.27. The first-order chi connectivity index (χ1) is 6.20. The molecule has 0 fully saturated rings. The molecule has 6 N–H and O–H groups in total. The number of hydrogen-bond donors (Lipinski definition) is 3. The molecule has 0 spiro atoms. The van der Waals surface area contributed by atoms with Gasteiger partial charge in [0.25, 0.3) is 0 Å². The van der Waals surface area contributed by atoms with Crippen LogP contribution in [0.2, 0.25) is 0 Å². The maximum atomic E-state index is 5.37. The van der Waals surface area contributed by atoms with Gasteiger partial charge in [-0.1, -0.05) is 13.3 Å². The van der Waals surface area contributed by atoms with Crippen LogP contribution in [0.3, 0.4) is 0 Å². The zero-order valence-electron chi connectivity index (χ0n) is 7.77. The highest BCUT2D eigenvalue weighted by atomic mass is 15.2. The van der Waals surface area contributed by atoms with Crippen LogP contribution in [0.1, 0.15) is 26.2 Å². The summed E-state index contributed by atoms with van der Waals surface area (Å²) in [4.78, 5) is 7.43. The topological polar surface area (TPSA) is 115 Å². The minimum atomic E-state index is -0.0786. The van der Waals surface area contributed by atoms with E-state index in [4.69, 9.17) is 17.3 Å². The monoisotopic (exact) mass is 184 g/mol. The molecule has 0 aromatic heterocycles. The summed E-state index contributed by atoms with van der Waals surface area (Å²) in [5.41, 5.74) is 10.6. The van der Waals surface area contributed by atoms with Gasteiger partial charge in [-0.15, -0.1) is 5.10 Å². The van der Waals surface area contributed by atoms with Crippen LogP contribution in [0.4, 0.5) is 0 Å². The molecule has 0 bridgehead atoms. The molecule has 13 heavy (non-hydrogen) atoms. The van der Waals surface area contributed by atoms with Crippen molar-refractivity contribution in [3.8, 4) is 0 Å². The molecule has 0 aliphatic carbocycles. The lowest BCUT2D eigenvalue weighted by Gasteiger charge is -1.91. The number of unbranched alkanes of at least 4 members (excludes halogenated alkanes) is 2. The van der Waals surface area contributed by atoms with Crippen LogP contribution in [0.15, 0.2) is 15.1 Å². The number of nitrogens with zero attached hydrogens (tertiary/aromatic N) is 3.